The van der Waals surface area contributed by atoms with Gasteiger partial charge in [0.2, 0.25) is 5.91 Å². The van der Waals surface area contributed by atoms with Crippen LogP contribution in [0.2, 0.25) is 0 Å². The van der Waals surface area contributed by atoms with Gasteiger partial charge < -0.3 is 14.8 Å². The van der Waals surface area contributed by atoms with E-state index >= 15 is 0 Å². The number of carbonyl (C=O) groups excluding carboxylic acids is 5. The number of carbonyl (C=O) groups is 5. The van der Waals surface area contributed by atoms with Crippen LogP contribution in [0.25, 0.3) is 0 Å². The average Bonchev–Trinajstić information content (AvgIpc) is 3.14. The summed E-state index contributed by atoms with van der Waals surface area (Å²) in [6, 6.07) is 9.37. The molecule has 2 aromatic rings. The molecule has 0 bridgehead atoms. The zero-order valence-electron chi connectivity index (χ0n) is 20.9. The van der Waals surface area contributed by atoms with Gasteiger partial charge in [-0.2, -0.15) is 0 Å². The fourth-order valence-corrected chi connectivity index (χ4v) is 4.06. The van der Waals surface area contributed by atoms with Gasteiger partial charge in [-0.15, -0.1) is 0 Å². The van der Waals surface area contributed by atoms with Crippen LogP contribution in [0, 0.1) is 10.1 Å². The van der Waals surface area contributed by atoms with Crippen LogP contribution in [0.5, 0.6) is 0 Å². The Morgan fingerprint density at radius 2 is 1.63 bits per heavy atom. The lowest BCUT2D eigenvalue weighted by atomic mass is 10.0. The molecule has 0 aromatic heterocycles. The molecule has 0 radical (unpaired) electrons. The molecule has 3 amide bonds. The summed E-state index contributed by atoms with van der Waals surface area (Å²) in [6.07, 6.45) is -0.522. The summed E-state index contributed by atoms with van der Waals surface area (Å²) < 4.78 is 10.0. The van der Waals surface area contributed by atoms with Crippen molar-refractivity contribution in [3.63, 3.8) is 0 Å². The highest BCUT2D eigenvalue weighted by Gasteiger charge is 2.44. The lowest BCUT2D eigenvalue weighted by Gasteiger charge is -2.27. The SMILES string of the molecule is CCOC(=O)CC[C@@H](C(=O)N[C@@H](Cc1ccccc1)C(=O)OCC)N1C(=O)c2ccc([N+](=O)[O-])cc2C1=O. The Morgan fingerprint density at radius 1 is 0.974 bits per heavy atom. The predicted octanol–water partition coefficient (Wildman–Crippen LogP) is 2.19. The molecule has 0 saturated heterocycles. The molecule has 0 aliphatic carbocycles. The maximum absolute atomic E-state index is 13.5. The number of amides is 3. The van der Waals surface area contributed by atoms with Gasteiger partial charge in [-0.3, -0.25) is 34.2 Å². The van der Waals surface area contributed by atoms with Gasteiger partial charge in [-0.1, -0.05) is 30.3 Å². The lowest BCUT2D eigenvalue weighted by Crippen LogP contribution is -2.54. The number of hydrogen-bond acceptors (Lipinski definition) is 9. The van der Waals surface area contributed by atoms with Gasteiger partial charge in [0.05, 0.1) is 29.3 Å². The molecule has 12 nitrogen and oxygen atoms in total. The first-order chi connectivity index (χ1) is 18.2. The summed E-state index contributed by atoms with van der Waals surface area (Å²) >= 11 is 0. The summed E-state index contributed by atoms with van der Waals surface area (Å²) in [4.78, 5) is 75.7. The molecular formula is C26H27N3O9. The first-order valence-electron chi connectivity index (χ1n) is 12.0. The highest BCUT2D eigenvalue weighted by Crippen LogP contribution is 2.29. The van der Waals surface area contributed by atoms with E-state index in [2.05, 4.69) is 5.32 Å². The van der Waals surface area contributed by atoms with Crippen LogP contribution in [0.4, 0.5) is 5.69 Å². The van der Waals surface area contributed by atoms with Crippen molar-refractivity contribution < 1.29 is 38.4 Å². The molecule has 3 rings (SSSR count). The largest absolute Gasteiger partial charge is 0.466 e. The Morgan fingerprint density at radius 3 is 2.26 bits per heavy atom. The number of imide groups is 1. The molecule has 1 heterocycles. The first kappa shape index (κ1) is 28.0. The molecule has 0 fully saturated rings. The van der Waals surface area contributed by atoms with E-state index < -0.39 is 52.4 Å². The van der Waals surface area contributed by atoms with Crippen molar-refractivity contribution in [1.29, 1.82) is 0 Å². The molecule has 2 aromatic carbocycles. The number of benzene rings is 2. The molecule has 0 unspecified atom stereocenters. The molecule has 1 aliphatic rings. The molecule has 1 aliphatic heterocycles. The molecule has 0 spiro atoms. The number of nitro benzene ring substituents is 1. The topological polar surface area (TPSA) is 162 Å². The van der Waals surface area contributed by atoms with Gasteiger partial charge in [0.15, 0.2) is 0 Å². The van der Waals surface area contributed by atoms with Crippen molar-refractivity contribution in [2.75, 3.05) is 13.2 Å². The van der Waals surface area contributed by atoms with Gasteiger partial charge in [-0.05, 0) is 31.9 Å². The number of nitrogens with one attached hydrogen (secondary N) is 1. The van der Waals surface area contributed by atoms with E-state index in [0.29, 0.717) is 4.90 Å². The van der Waals surface area contributed by atoms with Crippen LogP contribution in [0.15, 0.2) is 48.5 Å². The quantitative estimate of drug-likeness (QED) is 0.189. The van der Waals surface area contributed by atoms with E-state index in [1.165, 1.54) is 0 Å². The maximum Gasteiger partial charge on any atom is 0.328 e. The summed E-state index contributed by atoms with van der Waals surface area (Å²) in [5.74, 6) is -4.00. The van der Waals surface area contributed by atoms with Gasteiger partial charge in [0, 0.05) is 25.0 Å². The fraction of sp³-hybridized carbons (Fsp3) is 0.346. The monoisotopic (exact) mass is 525 g/mol. The smallest absolute Gasteiger partial charge is 0.328 e. The molecule has 2 atom stereocenters. The van der Waals surface area contributed by atoms with E-state index in [4.69, 9.17) is 9.47 Å². The van der Waals surface area contributed by atoms with E-state index in [1.807, 2.05) is 0 Å². The van der Waals surface area contributed by atoms with Crippen molar-refractivity contribution in [3.05, 3.63) is 75.3 Å². The minimum atomic E-state index is -1.50. The summed E-state index contributed by atoms with van der Waals surface area (Å²) in [5.41, 5.74) is -0.0170. The number of fused-ring (bicyclic) bond motifs is 1. The van der Waals surface area contributed by atoms with Crippen LogP contribution in [-0.4, -0.2) is 64.8 Å². The number of ether oxygens (including phenoxy) is 2. The average molecular weight is 526 g/mol. The molecule has 38 heavy (non-hydrogen) atoms. The first-order valence-corrected chi connectivity index (χ1v) is 12.0. The Hall–Kier alpha value is -4.61. The molecule has 12 heteroatoms. The Labute approximate surface area is 218 Å². The van der Waals surface area contributed by atoms with Crippen LogP contribution in [0.1, 0.15) is 53.0 Å². The third-order valence-corrected chi connectivity index (χ3v) is 5.82. The van der Waals surface area contributed by atoms with Crippen molar-refractivity contribution in [1.82, 2.24) is 10.2 Å². The predicted molar refractivity (Wildman–Crippen MR) is 132 cm³/mol. The van der Waals surface area contributed by atoms with E-state index in [-0.39, 0.29) is 43.6 Å². The second kappa shape index (κ2) is 12.6. The summed E-state index contributed by atoms with van der Waals surface area (Å²) in [5, 5.41) is 13.7. The van der Waals surface area contributed by atoms with Crippen LogP contribution in [-0.2, 0) is 30.3 Å². The minimum absolute atomic E-state index is 0.0590. The zero-order chi connectivity index (χ0) is 27.8. The Balaban J connectivity index is 1.92. The second-order valence-electron chi connectivity index (χ2n) is 8.33. The van der Waals surface area contributed by atoms with Crippen molar-refractivity contribution in [2.24, 2.45) is 0 Å². The third kappa shape index (κ3) is 6.38. The van der Waals surface area contributed by atoms with Gasteiger partial charge in [-0.25, -0.2) is 4.79 Å². The molecule has 0 saturated carbocycles. The van der Waals surface area contributed by atoms with Crippen LogP contribution >= 0.6 is 0 Å². The second-order valence-corrected chi connectivity index (χ2v) is 8.33. The van der Waals surface area contributed by atoms with Crippen LogP contribution in [0.3, 0.4) is 0 Å². The van der Waals surface area contributed by atoms with Gasteiger partial charge >= 0.3 is 11.9 Å². The Bertz CT molecular complexity index is 1250. The van der Waals surface area contributed by atoms with Crippen LogP contribution < -0.4 is 5.32 Å². The Kier molecular flexibility index (Phi) is 9.25. The lowest BCUT2D eigenvalue weighted by molar-refractivity contribution is -0.384. The van der Waals surface area contributed by atoms with Crippen molar-refractivity contribution >= 4 is 35.3 Å². The number of non-ortho nitro benzene ring substituents is 1. The zero-order valence-corrected chi connectivity index (χ0v) is 20.9. The number of esters is 2. The fourth-order valence-electron chi connectivity index (χ4n) is 4.06. The van der Waals surface area contributed by atoms with E-state index in [0.717, 1.165) is 23.8 Å². The van der Waals surface area contributed by atoms with Crippen molar-refractivity contribution in [3.8, 4) is 0 Å². The highest BCUT2D eigenvalue weighted by molar-refractivity contribution is 6.23. The highest BCUT2D eigenvalue weighted by atomic mass is 16.6. The molecular weight excluding hydrogens is 498 g/mol. The molecule has 200 valence electrons. The number of nitro groups is 1. The van der Waals surface area contributed by atoms with E-state index in [9.17, 15) is 34.1 Å². The van der Waals surface area contributed by atoms with Crippen molar-refractivity contribution in [2.45, 2.75) is 45.2 Å². The minimum Gasteiger partial charge on any atom is -0.466 e. The number of nitrogens with zero attached hydrogens (tertiary/aromatic N) is 2. The standard InChI is InChI=1S/C26H27N3O9/c1-3-37-22(30)13-12-21(28-24(32)18-11-10-17(29(35)36)15-19(18)25(28)33)23(31)27-20(26(34)38-4-2)14-16-8-6-5-7-9-16/h5-11,15,20-21H,3-4,12-14H2,1-2H3,(H,27,31)/t20-,21-/m0/s1. The number of hydrogen-bond donors (Lipinski definition) is 1. The van der Waals surface area contributed by atoms with Gasteiger partial charge in [0.25, 0.3) is 17.5 Å². The van der Waals surface area contributed by atoms with E-state index in [1.54, 1.807) is 44.2 Å². The third-order valence-electron chi connectivity index (χ3n) is 5.82. The maximum atomic E-state index is 13.5. The molecule has 1 N–H and O–H groups in total. The summed E-state index contributed by atoms with van der Waals surface area (Å²) in [6.45, 7) is 3.37. The number of rotatable bonds is 12. The summed E-state index contributed by atoms with van der Waals surface area (Å²) in [7, 11) is 0. The normalized spacial score (nSPS) is 13.9. The van der Waals surface area contributed by atoms with Gasteiger partial charge in [0.1, 0.15) is 12.1 Å².